The molecule has 0 fully saturated rings. The number of rotatable bonds is 3. The van der Waals surface area contributed by atoms with E-state index in [1.165, 1.54) is 6.07 Å². The van der Waals surface area contributed by atoms with Crippen molar-refractivity contribution in [1.29, 1.82) is 0 Å². The second-order valence-electron chi connectivity index (χ2n) is 4.21. The third-order valence-electron chi connectivity index (χ3n) is 2.93. The first-order chi connectivity index (χ1) is 9.25. The molecule has 0 amide bonds. The molecule has 0 radical (unpaired) electrons. The van der Waals surface area contributed by atoms with Gasteiger partial charge in [-0.15, -0.1) is 0 Å². The molecule has 96 valence electrons. The van der Waals surface area contributed by atoms with Crippen molar-refractivity contribution in [2.75, 3.05) is 11.1 Å². The number of hydrogen-bond donors (Lipinski definition) is 2. The van der Waals surface area contributed by atoms with Gasteiger partial charge in [-0.25, -0.2) is 4.39 Å². The van der Waals surface area contributed by atoms with Gasteiger partial charge in [0.2, 0.25) is 0 Å². The summed E-state index contributed by atoms with van der Waals surface area (Å²) in [6.07, 6.45) is 4.80. The summed E-state index contributed by atoms with van der Waals surface area (Å²) in [6, 6.07) is 6.72. The fourth-order valence-corrected chi connectivity index (χ4v) is 1.99. The highest BCUT2D eigenvalue weighted by atomic mass is 19.1. The van der Waals surface area contributed by atoms with Crippen LogP contribution in [0.3, 0.4) is 0 Å². The molecule has 2 aromatic heterocycles. The highest BCUT2D eigenvalue weighted by Gasteiger charge is 2.11. The number of pyridine rings is 1. The molecule has 3 rings (SSSR count). The van der Waals surface area contributed by atoms with Gasteiger partial charge in [-0.1, -0.05) is 0 Å². The summed E-state index contributed by atoms with van der Waals surface area (Å²) in [6.45, 7) is 0.461. The molecule has 0 atom stereocenters. The summed E-state index contributed by atoms with van der Waals surface area (Å²) in [7, 11) is 0. The van der Waals surface area contributed by atoms with Gasteiger partial charge >= 0.3 is 0 Å². The summed E-state index contributed by atoms with van der Waals surface area (Å²) in [5.41, 5.74) is 7.99. The van der Waals surface area contributed by atoms with Crippen LogP contribution in [0.4, 0.5) is 15.8 Å². The molecule has 0 bridgehead atoms. The van der Waals surface area contributed by atoms with E-state index in [-0.39, 0.29) is 0 Å². The van der Waals surface area contributed by atoms with Crippen molar-refractivity contribution in [2.45, 2.75) is 6.54 Å². The Morgan fingerprint density at radius 3 is 3.05 bits per heavy atom. The van der Waals surface area contributed by atoms with E-state index in [1.807, 2.05) is 12.1 Å². The predicted octanol–water partition coefficient (Wildman–Crippen LogP) is 3.16. The zero-order valence-corrected chi connectivity index (χ0v) is 10.1. The lowest BCUT2D eigenvalue weighted by atomic mass is 10.1. The second kappa shape index (κ2) is 4.61. The zero-order valence-electron chi connectivity index (χ0n) is 10.1. The van der Waals surface area contributed by atoms with Gasteiger partial charge in [0.25, 0.3) is 0 Å². The lowest BCUT2D eigenvalue weighted by Crippen LogP contribution is -2.03. The second-order valence-corrected chi connectivity index (χ2v) is 4.21. The molecule has 0 saturated carbocycles. The highest BCUT2D eigenvalue weighted by Crippen LogP contribution is 2.29. The largest absolute Gasteiger partial charge is 0.472 e. The third kappa shape index (κ3) is 2.10. The molecule has 3 aromatic rings. The van der Waals surface area contributed by atoms with Gasteiger partial charge in [0.15, 0.2) is 5.82 Å². The fraction of sp³-hybridized carbons (Fsp3) is 0.0714. The number of hydrogen-bond acceptors (Lipinski definition) is 4. The van der Waals surface area contributed by atoms with Crippen molar-refractivity contribution in [1.82, 2.24) is 4.98 Å². The van der Waals surface area contributed by atoms with E-state index in [1.54, 1.807) is 24.8 Å². The normalized spacial score (nSPS) is 10.8. The van der Waals surface area contributed by atoms with E-state index in [0.29, 0.717) is 23.4 Å². The van der Waals surface area contributed by atoms with Crippen LogP contribution in [0.1, 0.15) is 5.56 Å². The van der Waals surface area contributed by atoms with Crippen molar-refractivity contribution in [3.05, 3.63) is 54.4 Å². The average molecular weight is 257 g/mol. The summed E-state index contributed by atoms with van der Waals surface area (Å²) in [5, 5.41) is 3.77. The molecule has 2 heterocycles. The topological polar surface area (TPSA) is 64.1 Å². The lowest BCUT2D eigenvalue weighted by Gasteiger charge is -2.11. The molecule has 3 N–H and O–H groups in total. The van der Waals surface area contributed by atoms with Crippen LogP contribution in [0.25, 0.3) is 10.9 Å². The van der Waals surface area contributed by atoms with Crippen LogP contribution in [-0.2, 0) is 6.54 Å². The summed E-state index contributed by atoms with van der Waals surface area (Å²) < 4.78 is 19.0. The van der Waals surface area contributed by atoms with Crippen LogP contribution in [0, 0.1) is 5.82 Å². The van der Waals surface area contributed by atoms with Crippen molar-refractivity contribution >= 4 is 22.3 Å². The molecule has 0 unspecified atom stereocenters. The number of nitrogens with zero attached hydrogens (tertiary/aromatic N) is 1. The van der Waals surface area contributed by atoms with Crippen molar-refractivity contribution in [3.63, 3.8) is 0 Å². The van der Waals surface area contributed by atoms with E-state index >= 15 is 0 Å². The number of halogens is 1. The van der Waals surface area contributed by atoms with E-state index in [9.17, 15) is 4.39 Å². The Morgan fingerprint density at radius 1 is 1.37 bits per heavy atom. The Kier molecular flexibility index (Phi) is 2.79. The monoisotopic (exact) mass is 257 g/mol. The van der Waals surface area contributed by atoms with Gasteiger partial charge in [-0.3, -0.25) is 4.98 Å². The van der Waals surface area contributed by atoms with E-state index in [2.05, 4.69) is 10.3 Å². The minimum atomic E-state index is -0.410. The number of nitrogens with one attached hydrogen (secondary N) is 1. The van der Waals surface area contributed by atoms with Gasteiger partial charge in [0.05, 0.1) is 23.7 Å². The van der Waals surface area contributed by atoms with Crippen LogP contribution < -0.4 is 11.1 Å². The minimum absolute atomic E-state index is 0.353. The summed E-state index contributed by atoms with van der Waals surface area (Å²) >= 11 is 0. The number of anilines is 2. The fourth-order valence-electron chi connectivity index (χ4n) is 1.99. The number of nitrogen functional groups attached to an aromatic ring is 1. The van der Waals surface area contributed by atoms with Gasteiger partial charge < -0.3 is 15.5 Å². The molecule has 0 aliphatic carbocycles. The Hall–Kier alpha value is -2.56. The van der Waals surface area contributed by atoms with E-state index in [0.717, 1.165) is 10.9 Å². The smallest absolute Gasteiger partial charge is 0.150 e. The zero-order chi connectivity index (χ0) is 13.2. The van der Waals surface area contributed by atoms with Crippen molar-refractivity contribution in [2.24, 2.45) is 0 Å². The molecule has 19 heavy (non-hydrogen) atoms. The van der Waals surface area contributed by atoms with Crippen LogP contribution in [-0.4, -0.2) is 4.98 Å². The number of aromatic nitrogens is 1. The number of fused-ring (bicyclic) bond motifs is 1. The highest BCUT2D eigenvalue weighted by molar-refractivity contribution is 5.98. The van der Waals surface area contributed by atoms with Crippen LogP contribution in [0.5, 0.6) is 0 Å². The quantitative estimate of drug-likeness (QED) is 0.707. The summed E-state index contributed by atoms with van der Waals surface area (Å²) in [4.78, 5) is 4.20. The molecule has 5 heteroatoms. The molecular weight excluding hydrogens is 245 g/mol. The molecular formula is C14H12FN3O. The van der Waals surface area contributed by atoms with Gasteiger partial charge in [0, 0.05) is 29.4 Å². The first kappa shape index (κ1) is 11.5. The molecule has 0 aliphatic heterocycles. The van der Waals surface area contributed by atoms with Crippen molar-refractivity contribution in [3.8, 4) is 0 Å². The first-order valence-corrected chi connectivity index (χ1v) is 5.83. The molecule has 0 saturated heterocycles. The van der Waals surface area contributed by atoms with Crippen LogP contribution in [0.2, 0.25) is 0 Å². The number of benzene rings is 1. The third-order valence-corrected chi connectivity index (χ3v) is 2.93. The maximum atomic E-state index is 14.0. The van der Waals surface area contributed by atoms with Crippen molar-refractivity contribution < 1.29 is 8.81 Å². The Bertz CT molecular complexity index is 710. The molecule has 4 nitrogen and oxygen atoms in total. The Morgan fingerprint density at radius 2 is 2.26 bits per heavy atom. The molecule has 0 aliphatic rings. The van der Waals surface area contributed by atoms with Crippen LogP contribution in [0.15, 0.2) is 47.4 Å². The van der Waals surface area contributed by atoms with Gasteiger partial charge in [-0.05, 0) is 24.3 Å². The summed E-state index contributed by atoms with van der Waals surface area (Å²) in [5.74, 6) is -0.410. The van der Waals surface area contributed by atoms with E-state index in [4.69, 9.17) is 10.2 Å². The van der Waals surface area contributed by atoms with Gasteiger partial charge in [0.1, 0.15) is 0 Å². The average Bonchev–Trinajstić information content (AvgIpc) is 2.92. The Labute approximate surface area is 109 Å². The number of furan rings is 1. The minimum Gasteiger partial charge on any atom is -0.472 e. The first-order valence-electron chi connectivity index (χ1n) is 5.83. The predicted molar refractivity (Wildman–Crippen MR) is 72.1 cm³/mol. The van der Waals surface area contributed by atoms with Gasteiger partial charge in [-0.2, -0.15) is 0 Å². The Balaban J connectivity index is 2.02. The number of nitrogens with two attached hydrogens (primary N) is 1. The molecule has 1 aromatic carbocycles. The lowest BCUT2D eigenvalue weighted by molar-refractivity contribution is 0.564. The van der Waals surface area contributed by atoms with E-state index < -0.39 is 5.82 Å². The molecule has 0 spiro atoms. The standard InChI is InChI=1S/C14H12FN3O/c15-11-6-12(16)10-2-1-4-17-13(10)14(11)18-7-9-3-5-19-8-9/h1-6,8,18H,7,16H2. The maximum absolute atomic E-state index is 14.0. The SMILES string of the molecule is Nc1cc(F)c(NCc2ccoc2)c2ncccc12. The maximum Gasteiger partial charge on any atom is 0.150 e. The van der Waals surface area contributed by atoms with Crippen LogP contribution >= 0.6 is 0 Å².